The summed E-state index contributed by atoms with van der Waals surface area (Å²) in [4.78, 5) is 25.7. The van der Waals surface area contributed by atoms with Crippen LogP contribution in [0.2, 0.25) is 0 Å². The maximum atomic E-state index is 13.7. The molecule has 2 fully saturated rings. The van der Waals surface area contributed by atoms with Crippen LogP contribution in [0.25, 0.3) is 11.3 Å². The van der Waals surface area contributed by atoms with Gasteiger partial charge in [-0.3, -0.25) is 9.97 Å². The fraction of sp³-hybridized carbons (Fsp3) is 0.541. The highest BCUT2D eigenvalue weighted by atomic mass is 16.6. The van der Waals surface area contributed by atoms with Gasteiger partial charge in [0.15, 0.2) is 6.10 Å². The molecule has 2 aromatic heterocycles. The molecule has 3 aromatic rings. The van der Waals surface area contributed by atoms with Crippen LogP contribution in [0.3, 0.4) is 0 Å². The lowest BCUT2D eigenvalue weighted by molar-refractivity contribution is -0.171. The zero-order valence-corrected chi connectivity index (χ0v) is 27.8. The second kappa shape index (κ2) is 14.2. The molecule has 1 atom stereocenters. The highest BCUT2D eigenvalue weighted by Crippen LogP contribution is 2.49. The number of anilines is 1. The van der Waals surface area contributed by atoms with Gasteiger partial charge < -0.3 is 23.8 Å². The SMILES string of the molecule is Cc1ncc(-c2ccc(OCCOc3ccccc3)cn2)c(N2CCC3(CCCC3)CC2)c1[C@H](OC(C)(C)C)C(=O)OC(C)C. The van der Waals surface area contributed by atoms with Crippen LogP contribution in [0.4, 0.5) is 5.69 Å². The number of pyridine rings is 2. The highest BCUT2D eigenvalue weighted by molar-refractivity contribution is 5.86. The Labute approximate surface area is 268 Å². The first-order valence-corrected chi connectivity index (χ1v) is 16.4. The number of esters is 1. The van der Waals surface area contributed by atoms with Crippen molar-refractivity contribution in [1.29, 1.82) is 0 Å². The summed E-state index contributed by atoms with van der Waals surface area (Å²) in [5.74, 6) is 1.07. The molecule has 1 aliphatic heterocycles. The number of carbonyl (C=O) groups excluding carboxylic acids is 1. The Kier molecular flexibility index (Phi) is 10.3. The lowest BCUT2D eigenvalue weighted by atomic mass is 9.76. The summed E-state index contributed by atoms with van der Waals surface area (Å²) in [5, 5.41) is 0. The van der Waals surface area contributed by atoms with Crippen LogP contribution in [0, 0.1) is 12.3 Å². The predicted octanol–water partition coefficient (Wildman–Crippen LogP) is 7.88. The van der Waals surface area contributed by atoms with E-state index in [-0.39, 0.29) is 6.10 Å². The van der Waals surface area contributed by atoms with Crippen molar-refractivity contribution in [1.82, 2.24) is 9.97 Å². The van der Waals surface area contributed by atoms with Crippen molar-refractivity contribution in [3.05, 3.63) is 66.1 Å². The average molecular weight is 616 g/mol. The standard InChI is InChI=1S/C37H49N3O5/c1-26(2)44-35(41)34(45-36(4,5)6)32-27(3)38-25-30(33(32)40-20-18-37(19-21-40)16-10-11-17-37)31-15-14-29(24-39-31)43-23-22-42-28-12-8-7-9-13-28/h7-9,12-15,24-26,34H,10-11,16-23H2,1-6H3/t34-/m0/s1. The van der Waals surface area contributed by atoms with Crippen LogP contribution in [0.1, 0.15) is 90.5 Å². The zero-order chi connectivity index (χ0) is 32.0. The molecule has 0 radical (unpaired) electrons. The Hall–Kier alpha value is -3.65. The number of para-hydroxylation sites is 1. The molecule has 1 spiro atoms. The number of piperidine rings is 1. The van der Waals surface area contributed by atoms with E-state index in [1.54, 1.807) is 6.20 Å². The minimum absolute atomic E-state index is 0.270. The molecular weight excluding hydrogens is 566 g/mol. The summed E-state index contributed by atoms with van der Waals surface area (Å²) >= 11 is 0. The maximum absolute atomic E-state index is 13.7. The van der Waals surface area contributed by atoms with Gasteiger partial charge >= 0.3 is 5.97 Å². The number of nitrogens with zero attached hydrogens (tertiary/aromatic N) is 3. The first-order chi connectivity index (χ1) is 21.5. The summed E-state index contributed by atoms with van der Waals surface area (Å²) in [6.07, 6.45) is 9.97. The Morgan fingerprint density at radius 1 is 0.889 bits per heavy atom. The van der Waals surface area contributed by atoms with Gasteiger partial charge in [-0.1, -0.05) is 31.0 Å². The van der Waals surface area contributed by atoms with E-state index >= 15 is 0 Å². The molecule has 8 heteroatoms. The zero-order valence-electron chi connectivity index (χ0n) is 27.8. The van der Waals surface area contributed by atoms with Gasteiger partial charge in [-0.15, -0.1) is 0 Å². The van der Waals surface area contributed by atoms with Crippen molar-refractivity contribution in [2.75, 3.05) is 31.2 Å². The van der Waals surface area contributed by atoms with Crippen LogP contribution >= 0.6 is 0 Å². The third-order valence-electron chi connectivity index (χ3n) is 8.77. The summed E-state index contributed by atoms with van der Waals surface area (Å²) in [6, 6.07) is 13.6. The summed E-state index contributed by atoms with van der Waals surface area (Å²) in [7, 11) is 0. The quantitative estimate of drug-likeness (QED) is 0.159. The van der Waals surface area contributed by atoms with Gasteiger partial charge in [0.05, 0.1) is 29.3 Å². The van der Waals surface area contributed by atoms with Crippen LogP contribution in [0.15, 0.2) is 54.9 Å². The van der Waals surface area contributed by atoms with Gasteiger partial charge in [0.25, 0.3) is 0 Å². The van der Waals surface area contributed by atoms with Crippen molar-refractivity contribution >= 4 is 11.7 Å². The van der Waals surface area contributed by atoms with E-state index in [1.165, 1.54) is 25.7 Å². The van der Waals surface area contributed by atoms with Gasteiger partial charge in [0.1, 0.15) is 24.7 Å². The van der Waals surface area contributed by atoms with Crippen LogP contribution in [-0.2, 0) is 14.3 Å². The summed E-state index contributed by atoms with van der Waals surface area (Å²) in [5.41, 5.74) is 3.97. The maximum Gasteiger partial charge on any atom is 0.340 e. The lowest BCUT2D eigenvalue weighted by Crippen LogP contribution is -2.40. The third kappa shape index (κ3) is 8.34. The third-order valence-corrected chi connectivity index (χ3v) is 8.77. The van der Waals surface area contributed by atoms with Gasteiger partial charge in [-0.25, -0.2) is 4.79 Å². The van der Waals surface area contributed by atoms with Crippen molar-refractivity contribution in [2.24, 2.45) is 5.41 Å². The second-order valence-electron chi connectivity index (χ2n) is 13.7. The van der Waals surface area contributed by atoms with Crippen molar-refractivity contribution in [3.8, 4) is 22.8 Å². The van der Waals surface area contributed by atoms with Gasteiger partial charge in [0.2, 0.25) is 0 Å². The highest BCUT2D eigenvalue weighted by Gasteiger charge is 2.40. The first kappa shape index (κ1) is 32.7. The van der Waals surface area contributed by atoms with E-state index in [1.807, 2.05) is 90.2 Å². The molecule has 45 heavy (non-hydrogen) atoms. The molecule has 1 aromatic carbocycles. The van der Waals surface area contributed by atoms with Crippen LogP contribution < -0.4 is 14.4 Å². The molecule has 1 saturated carbocycles. The average Bonchev–Trinajstić information content (AvgIpc) is 3.46. The minimum atomic E-state index is -0.926. The van der Waals surface area contributed by atoms with E-state index in [0.29, 0.717) is 24.4 Å². The van der Waals surface area contributed by atoms with Crippen LogP contribution in [0.5, 0.6) is 11.5 Å². The van der Waals surface area contributed by atoms with E-state index in [9.17, 15) is 4.79 Å². The van der Waals surface area contributed by atoms with E-state index in [0.717, 1.165) is 59.9 Å². The Morgan fingerprint density at radius 2 is 1.56 bits per heavy atom. The van der Waals surface area contributed by atoms with Crippen molar-refractivity contribution < 1.29 is 23.7 Å². The molecular formula is C37H49N3O5. The van der Waals surface area contributed by atoms with Crippen molar-refractivity contribution in [2.45, 2.75) is 97.9 Å². The fourth-order valence-corrected chi connectivity index (χ4v) is 6.61. The smallest absolute Gasteiger partial charge is 0.340 e. The Bertz CT molecular complexity index is 1400. The van der Waals surface area contributed by atoms with Gasteiger partial charge in [-0.05, 0) is 96.9 Å². The molecule has 0 N–H and O–H groups in total. The number of aromatic nitrogens is 2. The molecule has 1 saturated heterocycles. The molecule has 5 rings (SSSR count). The number of benzene rings is 1. The summed E-state index contributed by atoms with van der Waals surface area (Å²) in [6.45, 7) is 14.2. The van der Waals surface area contributed by atoms with E-state index < -0.39 is 17.7 Å². The number of carbonyl (C=O) groups is 1. The largest absolute Gasteiger partial charge is 0.490 e. The number of hydrogen-bond donors (Lipinski definition) is 0. The van der Waals surface area contributed by atoms with E-state index in [4.69, 9.17) is 28.9 Å². The monoisotopic (exact) mass is 615 g/mol. The Morgan fingerprint density at radius 3 is 2.16 bits per heavy atom. The van der Waals surface area contributed by atoms with Crippen LogP contribution in [-0.4, -0.2) is 53.9 Å². The van der Waals surface area contributed by atoms with Gasteiger partial charge in [-0.2, -0.15) is 0 Å². The lowest BCUT2D eigenvalue weighted by Gasteiger charge is -2.42. The van der Waals surface area contributed by atoms with Gasteiger partial charge in [0, 0.05) is 36.1 Å². The molecule has 1 aliphatic carbocycles. The molecule has 2 aliphatic rings. The number of hydrogen-bond acceptors (Lipinski definition) is 8. The normalized spacial score (nSPS) is 17.0. The Balaban J connectivity index is 1.46. The summed E-state index contributed by atoms with van der Waals surface area (Å²) < 4.78 is 23.9. The molecule has 8 nitrogen and oxygen atoms in total. The molecule has 0 bridgehead atoms. The predicted molar refractivity (Wildman–Crippen MR) is 177 cm³/mol. The first-order valence-electron chi connectivity index (χ1n) is 16.4. The number of rotatable bonds is 11. The molecule has 3 heterocycles. The molecule has 0 unspecified atom stereocenters. The second-order valence-corrected chi connectivity index (χ2v) is 13.7. The number of ether oxygens (including phenoxy) is 4. The van der Waals surface area contributed by atoms with E-state index in [2.05, 4.69) is 4.90 Å². The number of aryl methyl sites for hydroxylation is 1. The topological polar surface area (TPSA) is 83.0 Å². The molecule has 242 valence electrons. The van der Waals surface area contributed by atoms with Crippen molar-refractivity contribution in [3.63, 3.8) is 0 Å². The molecule has 0 amide bonds. The fourth-order valence-electron chi connectivity index (χ4n) is 6.61. The minimum Gasteiger partial charge on any atom is -0.490 e.